The summed E-state index contributed by atoms with van der Waals surface area (Å²) in [6, 6.07) is 10.8. The number of carbonyl (C=O) groups is 1. The lowest BCUT2D eigenvalue weighted by atomic mass is 10.2. The Kier molecular flexibility index (Phi) is 4.24. The van der Waals surface area contributed by atoms with Crippen molar-refractivity contribution in [3.63, 3.8) is 0 Å². The van der Waals surface area contributed by atoms with E-state index in [-0.39, 0.29) is 17.0 Å². The van der Waals surface area contributed by atoms with Crippen molar-refractivity contribution in [3.05, 3.63) is 59.9 Å². The number of para-hydroxylation sites is 1. The van der Waals surface area contributed by atoms with Crippen LogP contribution in [0.15, 0.2) is 48.5 Å². The molecule has 0 saturated heterocycles. The molecule has 0 aliphatic carbocycles. The van der Waals surface area contributed by atoms with Gasteiger partial charge in [0.25, 0.3) is 5.91 Å². The van der Waals surface area contributed by atoms with E-state index in [1.165, 1.54) is 42.5 Å². The van der Waals surface area contributed by atoms with Gasteiger partial charge in [0.1, 0.15) is 11.6 Å². The van der Waals surface area contributed by atoms with Crippen LogP contribution in [0.1, 0.15) is 10.4 Å². The van der Waals surface area contributed by atoms with Crippen molar-refractivity contribution < 1.29 is 22.7 Å². The molecule has 0 aliphatic rings. The highest BCUT2D eigenvalue weighted by molar-refractivity contribution is 6.04. The Labute approximate surface area is 113 Å². The number of anilines is 1. The Balaban J connectivity index is 2.08. The fourth-order valence-electron chi connectivity index (χ4n) is 1.54. The lowest BCUT2D eigenvalue weighted by Crippen LogP contribution is -2.13. The molecule has 0 saturated carbocycles. The average Bonchev–Trinajstić information content (AvgIpc) is 2.41. The normalized spacial score (nSPS) is 10.4. The number of hydrogen-bond donors (Lipinski definition) is 1. The van der Waals surface area contributed by atoms with Crippen molar-refractivity contribution in [3.8, 4) is 5.75 Å². The van der Waals surface area contributed by atoms with Gasteiger partial charge in [-0.15, -0.1) is 0 Å². The number of rotatable bonds is 4. The summed E-state index contributed by atoms with van der Waals surface area (Å²) in [6.45, 7) is -2.92. The zero-order chi connectivity index (χ0) is 14.5. The highest BCUT2D eigenvalue weighted by atomic mass is 19.3. The quantitative estimate of drug-likeness (QED) is 0.928. The first-order valence-electron chi connectivity index (χ1n) is 5.67. The molecule has 6 heteroatoms. The number of carbonyl (C=O) groups excluding carboxylic acids is 1. The Morgan fingerprint density at radius 1 is 1.05 bits per heavy atom. The molecule has 0 aromatic heterocycles. The van der Waals surface area contributed by atoms with Crippen molar-refractivity contribution in [2.24, 2.45) is 0 Å². The van der Waals surface area contributed by atoms with Crippen LogP contribution in [0.2, 0.25) is 0 Å². The molecule has 1 N–H and O–H groups in total. The van der Waals surface area contributed by atoms with E-state index in [9.17, 15) is 18.0 Å². The molecule has 2 rings (SSSR count). The maximum Gasteiger partial charge on any atom is 0.387 e. The first-order chi connectivity index (χ1) is 9.56. The Hall–Kier alpha value is -2.50. The third-order valence-electron chi connectivity index (χ3n) is 2.46. The van der Waals surface area contributed by atoms with Crippen molar-refractivity contribution in [1.29, 1.82) is 0 Å². The van der Waals surface area contributed by atoms with E-state index in [2.05, 4.69) is 10.1 Å². The topological polar surface area (TPSA) is 38.3 Å². The van der Waals surface area contributed by atoms with Gasteiger partial charge in [-0.05, 0) is 36.4 Å². The average molecular weight is 281 g/mol. The van der Waals surface area contributed by atoms with E-state index in [1.54, 1.807) is 6.07 Å². The second-order valence-electron chi connectivity index (χ2n) is 3.84. The molecule has 3 nitrogen and oxygen atoms in total. The Morgan fingerprint density at radius 3 is 2.30 bits per heavy atom. The molecule has 1 amide bonds. The predicted octanol–water partition coefficient (Wildman–Crippen LogP) is 3.68. The molecule has 0 bridgehead atoms. The maximum atomic E-state index is 13.4. The van der Waals surface area contributed by atoms with Gasteiger partial charge in [-0.1, -0.05) is 12.1 Å². The monoisotopic (exact) mass is 281 g/mol. The van der Waals surface area contributed by atoms with E-state index in [0.717, 1.165) is 0 Å². The minimum Gasteiger partial charge on any atom is -0.435 e. The van der Waals surface area contributed by atoms with Crippen molar-refractivity contribution in [2.45, 2.75) is 6.61 Å². The molecular formula is C14H10F3NO2. The molecule has 0 heterocycles. The van der Waals surface area contributed by atoms with Crippen LogP contribution in [0.3, 0.4) is 0 Å². The van der Waals surface area contributed by atoms with E-state index < -0.39 is 18.3 Å². The Bertz CT molecular complexity index is 600. The standard InChI is InChI=1S/C14H10F3NO2/c15-11-3-1-2-4-12(11)18-13(19)9-5-7-10(8-6-9)20-14(16)17/h1-8,14H,(H,18,19). The smallest absolute Gasteiger partial charge is 0.387 e. The van der Waals surface area contributed by atoms with Gasteiger partial charge >= 0.3 is 6.61 Å². The largest absolute Gasteiger partial charge is 0.435 e. The van der Waals surface area contributed by atoms with Crippen LogP contribution in [0.25, 0.3) is 0 Å². The van der Waals surface area contributed by atoms with Gasteiger partial charge in [0, 0.05) is 5.56 Å². The summed E-state index contributed by atoms with van der Waals surface area (Å²) in [5, 5.41) is 2.38. The second kappa shape index (κ2) is 6.10. The lowest BCUT2D eigenvalue weighted by molar-refractivity contribution is -0.0498. The number of alkyl halides is 2. The fraction of sp³-hybridized carbons (Fsp3) is 0.0714. The molecule has 0 unspecified atom stereocenters. The second-order valence-corrected chi connectivity index (χ2v) is 3.84. The van der Waals surface area contributed by atoms with E-state index in [4.69, 9.17) is 0 Å². The number of amides is 1. The fourth-order valence-corrected chi connectivity index (χ4v) is 1.54. The van der Waals surface area contributed by atoms with Gasteiger partial charge in [-0.3, -0.25) is 4.79 Å². The SMILES string of the molecule is O=C(Nc1ccccc1F)c1ccc(OC(F)F)cc1. The zero-order valence-corrected chi connectivity index (χ0v) is 10.1. The van der Waals surface area contributed by atoms with Crippen LogP contribution in [0, 0.1) is 5.82 Å². The first kappa shape index (κ1) is 13.9. The molecule has 0 radical (unpaired) electrons. The third kappa shape index (κ3) is 3.50. The van der Waals surface area contributed by atoms with Crippen LogP contribution < -0.4 is 10.1 Å². The van der Waals surface area contributed by atoms with E-state index in [1.807, 2.05) is 0 Å². The van der Waals surface area contributed by atoms with E-state index >= 15 is 0 Å². The van der Waals surface area contributed by atoms with Crippen LogP contribution >= 0.6 is 0 Å². The molecule has 104 valence electrons. The maximum absolute atomic E-state index is 13.4. The van der Waals surface area contributed by atoms with Crippen LogP contribution in [0.5, 0.6) is 5.75 Å². The molecule has 0 fully saturated rings. The summed E-state index contributed by atoms with van der Waals surface area (Å²) < 4.78 is 41.5. The van der Waals surface area contributed by atoms with Gasteiger partial charge in [-0.2, -0.15) is 8.78 Å². The number of halogens is 3. The molecule has 0 aliphatic heterocycles. The highest BCUT2D eigenvalue weighted by Crippen LogP contribution is 2.17. The zero-order valence-electron chi connectivity index (χ0n) is 10.1. The highest BCUT2D eigenvalue weighted by Gasteiger charge is 2.10. The minimum absolute atomic E-state index is 0.0467. The van der Waals surface area contributed by atoms with Crippen molar-refractivity contribution in [1.82, 2.24) is 0 Å². The van der Waals surface area contributed by atoms with Gasteiger partial charge in [0.05, 0.1) is 5.69 Å². The van der Waals surface area contributed by atoms with Crippen LogP contribution in [0.4, 0.5) is 18.9 Å². The number of nitrogens with one attached hydrogen (secondary N) is 1. The van der Waals surface area contributed by atoms with Gasteiger partial charge in [-0.25, -0.2) is 4.39 Å². The van der Waals surface area contributed by atoms with Crippen LogP contribution in [-0.2, 0) is 0 Å². The van der Waals surface area contributed by atoms with Crippen LogP contribution in [-0.4, -0.2) is 12.5 Å². The molecule has 2 aromatic carbocycles. The van der Waals surface area contributed by atoms with Gasteiger partial charge in [0.15, 0.2) is 0 Å². The summed E-state index contributed by atoms with van der Waals surface area (Å²) in [4.78, 5) is 11.8. The number of benzene rings is 2. The first-order valence-corrected chi connectivity index (χ1v) is 5.67. The summed E-state index contributed by atoms with van der Waals surface area (Å²) in [5.41, 5.74) is 0.250. The van der Waals surface area contributed by atoms with Gasteiger partial charge in [0.2, 0.25) is 0 Å². The third-order valence-corrected chi connectivity index (χ3v) is 2.46. The number of ether oxygens (including phenoxy) is 1. The van der Waals surface area contributed by atoms with Crippen molar-refractivity contribution >= 4 is 11.6 Å². The Morgan fingerprint density at radius 2 is 1.70 bits per heavy atom. The predicted molar refractivity (Wildman–Crippen MR) is 67.4 cm³/mol. The number of hydrogen-bond acceptors (Lipinski definition) is 2. The molecule has 2 aromatic rings. The summed E-state index contributed by atoms with van der Waals surface area (Å²) >= 11 is 0. The molecule has 0 spiro atoms. The van der Waals surface area contributed by atoms with E-state index in [0.29, 0.717) is 0 Å². The molecule has 20 heavy (non-hydrogen) atoms. The molecular weight excluding hydrogens is 271 g/mol. The minimum atomic E-state index is -2.92. The summed E-state index contributed by atoms with van der Waals surface area (Å²) in [5.74, 6) is -1.15. The summed E-state index contributed by atoms with van der Waals surface area (Å²) in [7, 11) is 0. The molecule has 0 atom stereocenters. The summed E-state index contributed by atoms with van der Waals surface area (Å²) in [6.07, 6.45) is 0. The van der Waals surface area contributed by atoms with Crippen molar-refractivity contribution in [2.75, 3.05) is 5.32 Å². The lowest BCUT2D eigenvalue weighted by Gasteiger charge is -2.07. The van der Waals surface area contributed by atoms with Gasteiger partial charge < -0.3 is 10.1 Å².